The molecule has 118 valence electrons. The van der Waals surface area contributed by atoms with Crippen molar-refractivity contribution >= 4 is 11.3 Å². The number of rotatable bonds is 7. The van der Waals surface area contributed by atoms with E-state index in [2.05, 4.69) is 46.7 Å². The Kier molecular flexibility index (Phi) is 5.53. The van der Waals surface area contributed by atoms with Gasteiger partial charge in [-0.3, -0.25) is 0 Å². The van der Waals surface area contributed by atoms with Crippen LogP contribution in [0.15, 0.2) is 60.8 Å². The molecule has 23 heavy (non-hydrogen) atoms. The molecule has 4 heteroatoms. The first-order chi connectivity index (χ1) is 11.3. The van der Waals surface area contributed by atoms with Gasteiger partial charge in [-0.2, -0.15) is 0 Å². The summed E-state index contributed by atoms with van der Waals surface area (Å²) in [6.45, 7) is 1.82. The molecule has 0 spiro atoms. The maximum atomic E-state index is 9.03. The van der Waals surface area contributed by atoms with Crippen molar-refractivity contribution in [1.29, 1.82) is 0 Å². The minimum Gasteiger partial charge on any atom is -0.392 e. The molecule has 0 unspecified atom stereocenters. The highest BCUT2D eigenvalue weighted by Gasteiger charge is 2.03. The molecule has 2 aromatic carbocycles. The first-order valence-electron chi connectivity index (χ1n) is 7.74. The van der Waals surface area contributed by atoms with E-state index < -0.39 is 0 Å². The van der Waals surface area contributed by atoms with Gasteiger partial charge in [-0.05, 0) is 29.7 Å². The highest BCUT2D eigenvalue weighted by atomic mass is 32.1. The Morgan fingerprint density at radius 3 is 2.43 bits per heavy atom. The fourth-order valence-electron chi connectivity index (χ4n) is 2.37. The van der Waals surface area contributed by atoms with E-state index in [1.165, 1.54) is 16.0 Å². The molecule has 0 radical (unpaired) electrons. The number of hydrogen-bond acceptors (Lipinski definition) is 4. The topological polar surface area (TPSA) is 45.1 Å². The van der Waals surface area contributed by atoms with E-state index in [1.54, 1.807) is 11.3 Å². The molecule has 2 N–H and O–H groups in total. The second-order valence-corrected chi connectivity index (χ2v) is 6.50. The van der Waals surface area contributed by atoms with E-state index >= 15 is 0 Å². The Labute approximate surface area is 140 Å². The van der Waals surface area contributed by atoms with Crippen LogP contribution in [0.3, 0.4) is 0 Å². The van der Waals surface area contributed by atoms with E-state index in [0.717, 1.165) is 30.1 Å². The standard InChI is InChI=1S/C19H20N2OS/c22-14-16-8-6-15(7-9-16)10-11-20-13-19-21-12-18(23-19)17-4-2-1-3-5-17/h1-9,12,20,22H,10-11,13-14H2. The number of hydrogen-bond donors (Lipinski definition) is 2. The molecular weight excluding hydrogens is 304 g/mol. The lowest BCUT2D eigenvalue weighted by Crippen LogP contribution is -2.16. The first-order valence-corrected chi connectivity index (χ1v) is 8.56. The smallest absolute Gasteiger partial charge is 0.107 e. The molecular formula is C19H20N2OS. The first kappa shape index (κ1) is 15.9. The highest BCUT2D eigenvalue weighted by molar-refractivity contribution is 7.15. The van der Waals surface area contributed by atoms with Gasteiger partial charge >= 0.3 is 0 Å². The van der Waals surface area contributed by atoms with Crippen molar-refractivity contribution in [2.24, 2.45) is 0 Å². The number of aromatic nitrogens is 1. The predicted molar refractivity (Wildman–Crippen MR) is 95.3 cm³/mol. The van der Waals surface area contributed by atoms with Crippen LogP contribution in [-0.4, -0.2) is 16.6 Å². The summed E-state index contributed by atoms with van der Waals surface area (Å²) in [6.07, 6.45) is 2.92. The third-order valence-electron chi connectivity index (χ3n) is 3.68. The van der Waals surface area contributed by atoms with Crippen LogP contribution in [0.25, 0.3) is 10.4 Å². The van der Waals surface area contributed by atoms with Gasteiger partial charge < -0.3 is 10.4 Å². The van der Waals surface area contributed by atoms with E-state index in [-0.39, 0.29) is 6.61 Å². The maximum Gasteiger partial charge on any atom is 0.107 e. The lowest BCUT2D eigenvalue weighted by atomic mass is 10.1. The lowest BCUT2D eigenvalue weighted by Gasteiger charge is -2.04. The van der Waals surface area contributed by atoms with Crippen molar-refractivity contribution in [3.05, 3.63) is 76.9 Å². The number of thiazole rings is 1. The second-order valence-electron chi connectivity index (χ2n) is 5.39. The molecule has 0 saturated heterocycles. The van der Waals surface area contributed by atoms with E-state index in [0.29, 0.717) is 0 Å². The normalized spacial score (nSPS) is 10.8. The zero-order valence-corrected chi connectivity index (χ0v) is 13.7. The van der Waals surface area contributed by atoms with Crippen LogP contribution in [0, 0.1) is 0 Å². The molecule has 3 aromatic rings. The monoisotopic (exact) mass is 324 g/mol. The average molecular weight is 324 g/mol. The summed E-state index contributed by atoms with van der Waals surface area (Å²) in [7, 11) is 0. The van der Waals surface area contributed by atoms with E-state index in [4.69, 9.17) is 5.11 Å². The molecule has 1 heterocycles. The molecule has 0 aliphatic carbocycles. The van der Waals surface area contributed by atoms with Gasteiger partial charge in [0.05, 0.1) is 11.5 Å². The molecule has 0 amide bonds. The summed E-state index contributed by atoms with van der Waals surface area (Å²) in [5, 5.41) is 13.6. The average Bonchev–Trinajstić information content (AvgIpc) is 3.09. The van der Waals surface area contributed by atoms with Crippen molar-refractivity contribution < 1.29 is 5.11 Å². The Hall–Kier alpha value is -2.01. The van der Waals surface area contributed by atoms with Gasteiger partial charge in [-0.25, -0.2) is 4.98 Å². The van der Waals surface area contributed by atoms with Gasteiger partial charge in [-0.15, -0.1) is 11.3 Å². The molecule has 1 aromatic heterocycles. The van der Waals surface area contributed by atoms with Gasteiger partial charge in [0.1, 0.15) is 5.01 Å². The third kappa shape index (κ3) is 4.48. The Morgan fingerprint density at radius 2 is 1.70 bits per heavy atom. The van der Waals surface area contributed by atoms with Crippen molar-refractivity contribution in [3.8, 4) is 10.4 Å². The Bertz CT molecular complexity index is 723. The zero-order chi connectivity index (χ0) is 15.9. The molecule has 0 bridgehead atoms. The van der Waals surface area contributed by atoms with Crippen LogP contribution < -0.4 is 5.32 Å². The second kappa shape index (κ2) is 8.02. The van der Waals surface area contributed by atoms with Crippen molar-refractivity contribution in [2.75, 3.05) is 6.54 Å². The number of nitrogens with one attached hydrogen (secondary N) is 1. The molecule has 0 atom stereocenters. The number of aliphatic hydroxyl groups excluding tert-OH is 1. The lowest BCUT2D eigenvalue weighted by molar-refractivity contribution is 0.282. The number of benzene rings is 2. The van der Waals surface area contributed by atoms with E-state index in [9.17, 15) is 0 Å². The summed E-state index contributed by atoms with van der Waals surface area (Å²) in [5.74, 6) is 0. The fraction of sp³-hybridized carbons (Fsp3) is 0.211. The quantitative estimate of drug-likeness (QED) is 0.652. The summed E-state index contributed by atoms with van der Waals surface area (Å²) >= 11 is 1.74. The van der Waals surface area contributed by atoms with Crippen LogP contribution in [-0.2, 0) is 19.6 Å². The van der Waals surface area contributed by atoms with E-state index in [1.807, 2.05) is 24.4 Å². The molecule has 0 saturated carbocycles. The third-order valence-corrected chi connectivity index (χ3v) is 4.73. The van der Waals surface area contributed by atoms with Crippen molar-refractivity contribution in [3.63, 3.8) is 0 Å². The maximum absolute atomic E-state index is 9.03. The Balaban J connectivity index is 1.46. The molecule has 0 aliphatic rings. The number of aliphatic hydroxyl groups is 1. The highest BCUT2D eigenvalue weighted by Crippen LogP contribution is 2.25. The predicted octanol–water partition coefficient (Wildman–Crippen LogP) is 3.63. The van der Waals surface area contributed by atoms with Crippen LogP contribution in [0.1, 0.15) is 16.1 Å². The summed E-state index contributed by atoms with van der Waals surface area (Å²) in [6, 6.07) is 18.4. The van der Waals surface area contributed by atoms with Gasteiger partial charge in [-0.1, -0.05) is 54.6 Å². The van der Waals surface area contributed by atoms with Crippen LogP contribution in [0.4, 0.5) is 0 Å². The molecule has 3 rings (SSSR count). The van der Waals surface area contributed by atoms with Gasteiger partial charge in [0, 0.05) is 12.7 Å². The van der Waals surface area contributed by atoms with Gasteiger partial charge in [0.2, 0.25) is 0 Å². The molecule has 0 aliphatic heterocycles. The van der Waals surface area contributed by atoms with Gasteiger partial charge in [0.15, 0.2) is 0 Å². The SMILES string of the molecule is OCc1ccc(CCNCc2ncc(-c3ccccc3)s2)cc1. The van der Waals surface area contributed by atoms with Crippen molar-refractivity contribution in [2.45, 2.75) is 19.6 Å². The minimum atomic E-state index is 0.103. The minimum absolute atomic E-state index is 0.103. The largest absolute Gasteiger partial charge is 0.392 e. The molecule has 0 fully saturated rings. The van der Waals surface area contributed by atoms with Crippen LogP contribution >= 0.6 is 11.3 Å². The fourth-order valence-corrected chi connectivity index (χ4v) is 3.26. The van der Waals surface area contributed by atoms with Crippen molar-refractivity contribution in [1.82, 2.24) is 10.3 Å². The summed E-state index contributed by atoms with van der Waals surface area (Å²) < 4.78 is 0. The Morgan fingerprint density at radius 1 is 0.957 bits per heavy atom. The van der Waals surface area contributed by atoms with Crippen LogP contribution in [0.5, 0.6) is 0 Å². The van der Waals surface area contributed by atoms with Gasteiger partial charge in [0.25, 0.3) is 0 Å². The number of nitrogens with zero attached hydrogens (tertiary/aromatic N) is 1. The summed E-state index contributed by atoms with van der Waals surface area (Å²) in [4.78, 5) is 5.70. The summed E-state index contributed by atoms with van der Waals surface area (Å²) in [5.41, 5.74) is 3.46. The van der Waals surface area contributed by atoms with Crippen LogP contribution in [0.2, 0.25) is 0 Å². The zero-order valence-electron chi connectivity index (χ0n) is 12.9. The molecule has 3 nitrogen and oxygen atoms in total.